The van der Waals surface area contributed by atoms with Crippen molar-refractivity contribution in [2.75, 3.05) is 24.6 Å². The Morgan fingerprint density at radius 1 is 1.05 bits per heavy atom. The first-order chi connectivity index (χ1) is 10.1. The van der Waals surface area contributed by atoms with Crippen LogP contribution in [-0.4, -0.2) is 49.2 Å². The van der Waals surface area contributed by atoms with E-state index in [-0.39, 0.29) is 11.3 Å². The molecule has 0 aromatic heterocycles. The van der Waals surface area contributed by atoms with E-state index in [1.54, 1.807) is 36.0 Å². The molecule has 0 bridgehead atoms. The van der Waals surface area contributed by atoms with Gasteiger partial charge < -0.3 is 0 Å². The zero-order valence-electron chi connectivity index (χ0n) is 11.9. The van der Waals surface area contributed by atoms with Crippen LogP contribution >= 0.6 is 23.4 Å². The number of nitrogens with zero attached hydrogens (tertiary/aromatic N) is 1. The average molecular weight is 346 g/mol. The van der Waals surface area contributed by atoms with Crippen molar-refractivity contribution in [3.63, 3.8) is 0 Å². The number of hydrogen-bond acceptors (Lipinski definition) is 4. The van der Waals surface area contributed by atoms with Gasteiger partial charge in [-0.2, -0.15) is 11.8 Å². The van der Waals surface area contributed by atoms with Gasteiger partial charge in [0.2, 0.25) is 0 Å². The van der Waals surface area contributed by atoms with Gasteiger partial charge in [0.05, 0.1) is 10.1 Å². The quantitative estimate of drug-likeness (QED) is 0.843. The molecule has 2 atom stereocenters. The number of likely N-dealkylation sites (tertiary alicyclic amines) is 1. The topological polar surface area (TPSA) is 37.4 Å². The highest BCUT2D eigenvalue weighted by Crippen LogP contribution is 2.33. The lowest BCUT2D eigenvalue weighted by molar-refractivity contribution is 0.178. The maximum atomic E-state index is 12.9. The molecule has 6 heteroatoms. The van der Waals surface area contributed by atoms with Crippen LogP contribution in [0, 0.1) is 0 Å². The summed E-state index contributed by atoms with van der Waals surface area (Å²) in [6.07, 6.45) is 3.65. The molecule has 1 aromatic carbocycles. The second-order valence-electron chi connectivity index (χ2n) is 5.74. The van der Waals surface area contributed by atoms with Crippen molar-refractivity contribution in [2.24, 2.45) is 0 Å². The Morgan fingerprint density at radius 3 is 2.38 bits per heavy atom. The molecule has 2 aliphatic heterocycles. The highest BCUT2D eigenvalue weighted by atomic mass is 35.5. The van der Waals surface area contributed by atoms with Crippen molar-refractivity contribution in [1.82, 2.24) is 4.90 Å². The summed E-state index contributed by atoms with van der Waals surface area (Å²) in [7, 11) is -3.28. The Kier molecular flexibility index (Phi) is 4.84. The fourth-order valence-corrected chi connectivity index (χ4v) is 7.28. The largest absolute Gasteiger partial charge is 0.298 e. The molecule has 0 amide bonds. The maximum absolute atomic E-state index is 12.9. The van der Waals surface area contributed by atoms with Gasteiger partial charge in [0.1, 0.15) is 0 Å². The lowest BCUT2D eigenvalue weighted by Crippen LogP contribution is -2.48. The average Bonchev–Trinajstić information content (AvgIpc) is 2.99. The highest BCUT2D eigenvalue weighted by molar-refractivity contribution is 8.01. The number of rotatable bonds is 3. The SMILES string of the molecule is O=S(=O)(c1ccc(Cl)cc1)[C@H]1CSC[C@@H]1N1CCCCC1. The molecule has 3 nitrogen and oxygen atoms in total. The number of halogens is 1. The van der Waals surface area contributed by atoms with Gasteiger partial charge in [-0.1, -0.05) is 18.0 Å². The number of sulfone groups is 1. The van der Waals surface area contributed by atoms with Crippen LogP contribution in [0.1, 0.15) is 19.3 Å². The fraction of sp³-hybridized carbons (Fsp3) is 0.600. The third kappa shape index (κ3) is 3.26. The molecule has 1 aromatic rings. The Morgan fingerprint density at radius 2 is 1.71 bits per heavy atom. The van der Waals surface area contributed by atoms with E-state index in [0.29, 0.717) is 15.7 Å². The van der Waals surface area contributed by atoms with E-state index < -0.39 is 9.84 Å². The second-order valence-corrected chi connectivity index (χ2v) is 9.42. The van der Waals surface area contributed by atoms with Crippen LogP contribution in [-0.2, 0) is 9.84 Å². The summed E-state index contributed by atoms with van der Waals surface area (Å²) in [5.41, 5.74) is 0. The van der Waals surface area contributed by atoms with E-state index in [2.05, 4.69) is 4.90 Å². The zero-order chi connectivity index (χ0) is 14.9. The van der Waals surface area contributed by atoms with Gasteiger partial charge in [0.25, 0.3) is 0 Å². The monoisotopic (exact) mass is 345 g/mol. The van der Waals surface area contributed by atoms with E-state index in [0.717, 1.165) is 18.8 Å². The van der Waals surface area contributed by atoms with Gasteiger partial charge in [-0.15, -0.1) is 0 Å². The first-order valence-electron chi connectivity index (χ1n) is 7.40. The van der Waals surface area contributed by atoms with Crippen molar-refractivity contribution in [2.45, 2.75) is 35.4 Å². The number of piperidine rings is 1. The summed E-state index contributed by atoms with van der Waals surface area (Å²) in [5.74, 6) is 1.63. The van der Waals surface area contributed by atoms with Gasteiger partial charge >= 0.3 is 0 Å². The fourth-order valence-electron chi connectivity index (χ4n) is 3.21. The Hall–Kier alpha value is -0.230. The van der Waals surface area contributed by atoms with Crippen molar-refractivity contribution in [3.05, 3.63) is 29.3 Å². The number of thioether (sulfide) groups is 1. The lowest BCUT2D eigenvalue weighted by Gasteiger charge is -2.34. The molecule has 2 saturated heterocycles. The minimum absolute atomic E-state index is 0.163. The molecule has 0 unspecified atom stereocenters. The van der Waals surface area contributed by atoms with Crippen LogP contribution in [0.5, 0.6) is 0 Å². The molecule has 2 heterocycles. The van der Waals surface area contributed by atoms with Crippen LogP contribution in [0.4, 0.5) is 0 Å². The van der Waals surface area contributed by atoms with E-state index in [9.17, 15) is 8.42 Å². The second kappa shape index (κ2) is 6.49. The molecule has 21 heavy (non-hydrogen) atoms. The Labute approximate surface area is 136 Å². The Balaban J connectivity index is 1.84. The minimum atomic E-state index is -3.28. The smallest absolute Gasteiger partial charge is 0.183 e. The normalized spacial score (nSPS) is 27.9. The van der Waals surface area contributed by atoms with Gasteiger partial charge in [-0.25, -0.2) is 8.42 Å². The van der Waals surface area contributed by atoms with Crippen molar-refractivity contribution in [1.29, 1.82) is 0 Å². The summed E-state index contributed by atoms with van der Waals surface area (Å²) in [5, 5.41) is 0.282. The van der Waals surface area contributed by atoms with E-state index in [4.69, 9.17) is 11.6 Å². The van der Waals surface area contributed by atoms with Crippen molar-refractivity contribution < 1.29 is 8.42 Å². The van der Waals surface area contributed by atoms with Crippen molar-refractivity contribution >= 4 is 33.2 Å². The van der Waals surface area contributed by atoms with Crippen molar-refractivity contribution in [3.8, 4) is 0 Å². The molecular weight excluding hydrogens is 326 g/mol. The van der Waals surface area contributed by atoms with Gasteiger partial charge in [0, 0.05) is 22.6 Å². The number of benzene rings is 1. The van der Waals surface area contributed by atoms with Gasteiger partial charge in [-0.3, -0.25) is 4.90 Å². The lowest BCUT2D eigenvalue weighted by atomic mass is 10.1. The highest BCUT2D eigenvalue weighted by Gasteiger charge is 2.41. The molecule has 116 valence electrons. The maximum Gasteiger partial charge on any atom is 0.183 e. The van der Waals surface area contributed by atoms with E-state index in [1.807, 2.05) is 0 Å². The summed E-state index contributed by atoms with van der Waals surface area (Å²) < 4.78 is 25.8. The third-order valence-corrected chi connectivity index (χ3v) is 8.24. The van der Waals surface area contributed by atoms with E-state index >= 15 is 0 Å². The molecule has 0 spiro atoms. The van der Waals surface area contributed by atoms with Gasteiger partial charge in [-0.05, 0) is 50.2 Å². The first-order valence-corrected chi connectivity index (χ1v) is 10.5. The number of hydrogen-bond donors (Lipinski definition) is 0. The van der Waals surface area contributed by atoms with E-state index in [1.165, 1.54) is 19.3 Å². The summed E-state index contributed by atoms with van der Waals surface area (Å²) in [6.45, 7) is 2.08. The first kappa shape index (κ1) is 15.7. The summed E-state index contributed by atoms with van der Waals surface area (Å²) in [4.78, 5) is 2.79. The molecule has 2 fully saturated rings. The molecule has 0 N–H and O–H groups in total. The summed E-state index contributed by atoms with van der Waals surface area (Å²) in [6, 6.07) is 6.75. The molecule has 0 radical (unpaired) electrons. The zero-order valence-corrected chi connectivity index (χ0v) is 14.3. The van der Waals surface area contributed by atoms with Gasteiger partial charge in [0.15, 0.2) is 9.84 Å². The van der Waals surface area contributed by atoms with Crippen LogP contribution in [0.2, 0.25) is 5.02 Å². The predicted octanol–water partition coefficient (Wildman–Crippen LogP) is 3.08. The third-order valence-electron chi connectivity index (χ3n) is 4.40. The summed E-state index contributed by atoms with van der Waals surface area (Å²) >= 11 is 7.63. The Bertz CT molecular complexity index is 582. The van der Waals surface area contributed by atoms with Crippen LogP contribution in [0.25, 0.3) is 0 Å². The van der Waals surface area contributed by atoms with Crippen LogP contribution in [0.15, 0.2) is 29.2 Å². The molecular formula is C15H20ClNO2S2. The minimum Gasteiger partial charge on any atom is -0.298 e. The van der Waals surface area contributed by atoms with Crippen LogP contribution in [0.3, 0.4) is 0 Å². The molecule has 0 aliphatic carbocycles. The molecule has 3 rings (SSSR count). The standard InChI is InChI=1S/C15H20ClNO2S2/c16-12-4-6-13(7-5-12)21(18,19)15-11-20-10-14(15)17-8-2-1-3-9-17/h4-7,14-15H,1-3,8-11H2/t14-,15-/m0/s1. The predicted molar refractivity (Wildman–Crippen MR) is 89.0 cm³/mol. The van der Waals surface area contributed by atoms with Crippen LogP contribution < -0.4 is 0 Å². The molecule has 2 aliphatic rings. The molecule has 0 saturated carbocycles.